The van der Waals surface area contributed by atoms with Crippen LogP contribution in [-0.4, -0.2) is 6.79 Å². The third-order valence-corrected chi connectivity index (χ3v) is 3.11. The van der Waals surface area contributed by atoms with Gasteiger partial charge in [-0.3, -0.25) is 0 Å². The molecule has 0 radical (unpaired) electrons. The van der Waals surface area contributed by atoms with Crippen molar-refractivity contribution in [1.82, 2.24) is 0 Å². The van der Waals surface area contributed by atoms with Gasteiger partial charge < -0.3 is 19.9 Å². The first-order valence-electron chi connectivity index (χ1n) is 6.34. The van der Waals surface area contributed by atoms with Gasteiger partial charge in [-0.15, -0.1) is 0 Å². The minimum absolute atomic E-state index is 0.0216. The van der Waals surface area contributed by atoms with Crippen LogP contribution in [0.25, 0.3) is 0 Å². The van der Waals surface area contributed by atoms with E-state index < -0.39 is 11.6 Å². The molecule has 4 nitrogen and oxygen atoms in total. The molecule has 0 bridgehead atoms. The molecule has 2 aromatic rings. The maximum Gasteiger partial charge on any atom is 0.200 e. The van der Waals surface area contributed by atoms with Gasteiger partial charge >= 0.3 is 0 Å². The predicted molar refractivity (Wildman–Crippen MR) is 71.8 cm³/mol. The molecule has 21 heavy (non-hydrogen) atoms. The van der Waals surface area contributed by atoms with E-state index in [2.05, 4.69) is 0 Å². The van der Waals surface area contributed by atoms with Crippen molar-refractivity contribution in [2.75, 3.05) is 12.5 Å². The van der Waals surface area contributed by atoms with Gasteiger partial charge in [0.05, 0.1) is 6.61 Å². The number of hydrogen-bond donors (Lipinski definition) is 1. The molecule has 1 heterocycles. The molecule has 0 fully saturated rings. The van der Waals surface area contributed by atoms with E-state index in [1.165, 1.54) is 12.1 Å². The van der Waals surface area contributed by atoms with Gasteiger partial charge in [-0.05, 0) is 24.3 Å². The van der Waals surface area contributed by atoms with Gasteiger partial charge in [-0.1, -0.05) is 6.07 Å². The van der Waals surface area contributed by atoms with Crippen LogP contribution in [0, 0.1) is 11.6 Å². The maximum absolute atomic E-state index is 13.5. The Bertz CT molecular complexity index is 676. The first kappa shape index (κ1) is 13.6. The zero-order chi connectivity index (χ0) is 14.8. The number of hydrogen-bond acceptors (Lipinski definition) is 4. The molecule has 3 rings (SSSR count). The Kier molecular flexibility index (Phi) is 3.62. The largest absolute Gasteiger partial charge is 0.486 e. The van der Waals surface area contributed by atoms with Crippen LogP contribution in [0.15, 0.2) is 30.3 Å². The van der Waals surface area contributed by atoms with Gasteiger partial charge in [0.15, 0.2) is 18.4 Å². The minimum atomic E-state index is -1.01. The van der Waals surface area contributed by atoms with Crippen LogP contribution in [0.5, 0.6) is 11.5 Å². The quantitative estimate of drug-likeness (QED) is 0.884. The smallest absolute Gasteiger partial charge is 0.200 e. The summed E-state index contributed by atoms with van der Waals surface area (Å²) in [5, 5.41) is 0. The van der Waals surface area contributed by atoms with Crippen molar-refractivity contribution in [2.45, 2.75) is 13.2 Å². The van der Waals surface area contributed by atoms with Crippen molar-refractivity contribution in [3.8, 4) is 11.5 Å². The topological polar surface area (TPSA) is 53.7 Å². The van der Waals surface area contributed by atoms with Crippen LogP contribution in [0.4, 0.5) is 14.5 Å². The van der Waals surface area contributed by atoms with Crippen molar-refractivity contribution in [3.05, 3.63) is 53.1 Å². The van der Waals surface area contributed by atoms with Gasteiger partial charge in [0.1, 0.15) is 12.4 Å². The fourth-order valence-electron chi connectivity index (χ4n) is 2.18. The second-order valence-electron chi connectivity index (χ2n) is 4.62. The Balaban J connectivity index is 1.85. The summed E-state index contributed by atoms with van der Waals surface area (Å²) in [6.07, 6.45) is 0. The molecule has 110 valence electrons. The summed E-state index contributed by atoms with van der Waals surface area (Å²) < 4.78 is 42.6. The molecule has 6 heteroatoms. The lowest BCUT2D eigenvalue weighted by Crippen LogP contribution is -2.14. The first-order valence-corrected chi connectivity index (χ1v) is 6.34. The average Bonchev–Trinajstić information content (AvgIpc) is 2.48. The molecule has 0 aromatic heterocycles. The van der Waals surface area contributed by atoms with E-state index >= 15 is 0 Å². The van der Waals surface area contributed by atoms with E-state index in [0.29, 0.717) is 23.6 Å². The second-order valence-corrected chi connectivity index (χ2v) is 4.62. The molecule has 0 saturated heterocycles. The Labute approximate surface area is 120 Å². The normalized spacial score (nSPS) is 13.4. The monoisotopic (exact) mass is 293 g/mol. The van der Waals surface area contributed by atoms with Crippen LogP contribution >= 0.6 is 0 Å². The molecular weight excluding hydrogens is 280 g/mol. The number of benzene rings is 2. The fraction of sp³-hybridized carbons (Fsp3) is 0.200. The second kappa shape index (κ2) is 5.57. The molecule has 1 aliphatic rings. The van der Waals surface area contributed by atoms with Crippen LogP contribution in [0.2, 0.25) is 0 Å². The molecule has 2 N–H and O–H groups in total. The summed E-state index contributed by atoms with van der Waals surface area (Å²) in [7, 11) is 0. The molecular formula is C15H13F2NO3. The van der Waals surface area contributed by atoms with Gasteiger partial charge in [-0.2, -0.15) is 4.39 Å². The summed E-state index contributed by atoms with van der Waals surface area (Å²) in [4.78, 5) is 0. The van der Waals surface area contributed by atoms with Crippen molar-refractivity contribution >= 4 is 5.69 Å². The van der Waals surface area contributed by atoms with Gasteiger partial charge in [0.2, 0.25) is 5.82 Å². The number of fused-ring (bicyclic) bond motifs is 1. The highest BCUT2D eigenvalue weighted by molar-refractivity contribution is 5.53. The van der Waals surface area contributed by atoms with Crippen LogP contribution < -0.4 is 15.2 Å². The SMILES string of the molecule is Nc1cc2c(c(COc3cccc(F)c3F)c1)OCOC2. The number of halogens is 2. The van der Waals surface area contributed by atoms with Gasteiger partial charge in [-0.25, -0.2) is 4.39 Å². The first-order chi connectivity index (χ1) is 10.1. The van der Waals surface area contributed by atoms with Crippen LogP contribution in [0.1, 0.15) is 11.1 Å². The number of anilines is 1. The van der Waals surface area contributed by atoms with Crippen LogP contribution in [-0.2, 0) is 18.0 Å². The molecule has 0 atom stereocenters. The third kappa shape index (κ3) is 2.75. The zero-order valence-corrected chi connectivity index (χ0v) is 11.1. The van der Waals surface area contributed by atoms with E-state index in [-0.39, 0.29) is 19.1 Å². The zero-order valence-electron chi connectivity index (χ0n) is 11.1. The van der Waals surface area contributed by atoms with E-state index in [1.54, 1.807) is 12.1 Å². The molecule has 0 spiro atoms. The summed E-state index contributed by atoms with van der Waals surface area (Å²) >= 11 is 0. The number of nitrogen functional groups attached to an aromatic ring is 1. The molecule has 0 amide bonds. The lowest BCUT2D eigenvalue weighted by atomic mass is 10.1. The maximum atomic E-state index is 13.5. The van der Waals surface area contributed by atoms with E-state index in [4.69, 9.17) is 19.9 Å². The third-order valence-electron chi connectivity index (χ3n) is 3.11. The Morgan fingerprint density at radius 2 is 2.10 bits per heavy atom. The fourth-order valence-corrected chi connectivity index (χ4v) is 2.18. The Morgan fingerprint density at radius 1 is 1.24 bits per heavy atom. The van der Waals surface area contributed by atoms with Crippen molar-refractivity contribution in [2.24, 2.45) is 0 Å². The molecule has 0 aliphatic carbocycles. The van der Waals surface area contributed by atoms with Gasteiger partial charge in [0, 0.05) is 16.8 Å². The number of ether oxygens (including phenoxy) is 3. The van der Waals surface area contributed by atoms with Crippen molar-refractivity contribution in [1.29, 1.82) is 0 Å². The van der Waals surface area contributed by atoms with Crippen molar-refractivity contribution < 1.29 is 23.0 Å². The number of nitrogens with two attached hydrogens (primary N) is 1. The lowest BCUT2D eigenvalue weighted by molar-refractivity contribution is -0.0175. The summed E-state index contributed by atoms with van der Waals surface area (Å²) in [6, 6.07) is 7.21. The lowest BCUT2D eigenvalue weighted by Gasteiger charge is -2.21. The highest BCUT2D eigenvalue weighted by Gasteiger charge is 2.17. The highest BCUT2D eigenvalue weighted by Crippen LogP contribution is 2.32. The van der Waals surface area contributed by atoms with Gasteiger partial charge in [0.25, 0.3) is 0 Å². The summed E-state index contributed by atoms with van der Waals surface area (Å²) in [6.45, 7) is 0.549. The predicted octanol–water partition coefficient (Wildman–Crippen LogP) is 2.99. The van der Waals surface area contributed by atoms with E-state index in [0.717, 1.165) is 11.6 Å². The Hall–Kier alpha value is -2.34. The molecule has 0 unspecified atom stereocenters. The Morgan fingerprint density at radius 3 is 2.95 bits per heavy atom. The summed E-state index contributed by atoms with van der Waals surface area (Å²) in [5.74, 6) is -1.50. The van der Waals surface area contributed by atoms with E-state index in [9.17, 15) is 8.78 Å². The molecule has 2 aromatic carbocycles. The average molecular weight is 293 g/mol. The standard InChI is InChI=1S/C15H13F2NO3/c16-12-2-1-3-13(14(12)17)20-7-10-5-11(18)4-9-6-19-8-21-15(9)10/h1-5H,6-8,18H2. The van der Waals surface area contributed by atoms with Crippen molar-refractivity contribution in [3.63, 3.8) is 0 Å². The number of rotatable bonds is 3. The van der Waals surface area contributed by atoms with Crippen LogP contribution in [0.3, 0.4) is 0 Å². The molecule has 0 saturated carbocycles. The highest BCUT2D eigenvalue weighted by atomic mass is 19.2. The summed E-state index contributed by atoms with van der Waals surface area (Å²) in [5.41, 5.74) is 7.80. The minimum Gasteiger partial charge on any atom is -0.486 e. The molecule has 1 aliphatic heterocycles. The van der Waals surface area contributed by atoms with E-state index in [1.807, 2.05) is 0 Å².